The molecular weight excluding hydrogens is 392 g/mol. The van der Waals surface area contributed by atoms with E-state index in [-0.39, 0.29) is 11.1 Å². The van der Waals surface area contributed by atoms with Crippen LogP contribution in [0.1, 0.15) is 23.7 Å². The van der Waals surface area contributed by atoms with Crippen molar-refractivity contribution in [1.82, 2.24) is 9.47 Å². The fourth-order valence-electron chi connectivity index (χ4n) is 3.54. The Balaban J connectivity index is 1.84. The first kappa shape index (κ1) is 18.8. The van der Waals surface area contributed by atoms with E-state index >= 15 is 0 Å². The maximum absolute atomic E-state index is 12.5. The summed E-state index contributed by atoms with van der Waals surface area (Å²) < 4.78 is 2.20. The number of benzene rings is 2. The SMILES string of the molecule is CCN1C(=O)S/C(=C\c2c(C)n(Cc3ccccc3Cl)c3ccccc23)C1=O. The Morgan fingerprint density at radius 3 is 2.50 bits per heavy atom. The van der Waals surface area contributed by atoms with Gasteiger partial charge in [0.15, 0.2) is 0 Å². The third-order valence-electron chi connectivity index (χ3n) is 5.03. The highest BCUT2D eigenvalue weighted by Crippen LogP contribution is 2.35. The molecule has 1 aliphatic heterocycles. The van der Waals surface area contributed by atoms with Crippen LogP contribution >= 0.6 is 23.4 Å². The zero-order valence-corrected chi connectivity index (χ0v) is 17.2. The number of hydrogen-bond donors (Lipinski definition) is 0. The van der Waals surface area contributed by atoms with Gasteiger partial charge in [-0.3, -0.25) is 14.5 Å². The minimum atomic E-state index is -0.222. The first-order valence-corrected chi connectivity index (χ1v) is 10.3. The van der Waals surface area contributed by atoms with Gasteiger partial charge < -0.3 is 4.57 Å². The number of fused-ring (bicyclic) bond motifs is 1. The average molecular weight is 411 g/mol. The maximum Gasteiger partial charge on any atom is 0.293 e. The van der Waals surface area contributed by atoms with Crippen LogP contribution in [-0.4, -0.2) is 27.2 Å². The Labute approximate surface area is 172 Å². The van der Waals surface area contributed by atoms with Crippen LogP contribution in [-0.2, 0) is 11.3 Å². The van der Waals surface area contributed by atoms with Crippen molar-refractivity contribution >= 4 is 51.5 Å². The van der Waals surface area contributed by atoms with Crippen LogP contribution in [0.3, 0.4) is 0 Å². The number of para-hydroxylation sites is 1. The van der Waals surface area contributed by atoms with Crippen molar-refractivity contribution < 1.29 is 9.59 Å². The molecule has 2 aromatic carbocycles. The summed E-state index contributed by atoms with van der Waals surface area (Å²) >= 11 is 7.38. The second-order valence-corrected chi connectivity index (χ2v) is 8.02. The maximum atomic E-state index is 12.5. The number of thioether (sulfide) groups is 1. The van der Waals surface area contributed by atoms with Crippen molar-refractivity contribution in [3.8, 4) is 0 Å². The van der Waals surface area contributed by atoms with E-state index in [0.717, 1.165) is 44.5 Å². The predicted octanol–water partition coefficient (Wildman–Crippen LogP) is 5.71. The van der Waals surface area contributed by atoms with E-state index in [4.69, 9.17) is 11.6 Å². The number of amides is 2. The lowest BCUT2D eigenvalue weighted by molar-refractivity contribution is -0.122. The molecule has 142 valence electrons. The minimum Gasteiger partial charge on any atom is -0.340 e. The molecule has 0 bridgehead atoms. The molecule has 1 aromatic heterocycles. The Kier molecular flexibility index (Phi) is 5.04. The number of halogens is 1. The molecule has 2 heterocycles. The fraction of sp³-hybridized carbons (Fsp3) is 0.182. The fourth-order valence-corrected chi connectivity index (χ4v) is 4.62. The molecular formula is C22H19ClN2O2S. The van der Waals surface area contributed by atoms with Crippen molar-refractivity contribution in [2.75, 3.05) is 6.54 Å². The normalized spacial score (nSPS) is 16.0. The van der Waals surface area contributed by atoms with Crippen LogP contribution in [0, 0.1) is 6.92 Å². The molecule has 6 heteroatoms. The molecule has 3 aromatic rings. The van der Waals surface area contributed by atoms with E-state index in [1.54, 1.807) is 6.92 Å². The summed E-state index contributed by atoms with van der Waals surface area (Å²) in [4.78, 5) is 26.3. The predicted molar refractivity (Wildman–Crippen MR) is 116 cm³/mol. The van der Waals surface area contributed by atoms with Crippen molar-refractivity contribution in [1.29, 1.82) is 0 Å². The number of hydrogen-bond acceptors (Lipinski definition) is 3. The quantitative estimate of drug-likeness (QED) is 0.517. The third kappa shape index (κ3) is 3.15. The third-order valence-corrected chi connectivity index (χ3v) is 6.31. The van der Waals surface area contributed by atoms with Crippen LogP contribution in [0.15, 0.2) is 53.4 Å². The zero-order chi connectivity index (χ0) is 19.8. The summed E-state index contributed by atoms with van der Waals surface area (Å²) in [7, 11) is 0. The van der Waals surface area contributed by atoms with Crippen molar-refractivity contribution in [3.63, 3.8) is 0 Å². The topological polar surface area (TPSA) is 42.3 Å². The molecule has 28 heavy (non-hydrogen) atoms. The van der Waals surface area contributed by atoms with Gasteiger partial charge in [0.25, 0.3) is 11.1 Å². The highest BCUT2D eigenvalue weighted by atomic mass is 35.5. The molecule has 0 radical (unpaired) electrons. The lowest BCUT2D eigenvalue weighted by atomic mass is 10.1. The molecule has 1 saturated heterocycles. The van der Waals surface area contributed by atoms with Gasteiger partial charge in [-0.15, -0.1) is 0 Å². The molecule has 4 rings (SSSR count). The standard InChI is InChI=1S/C22H19ClN2O2S/c1-3-24-21(26)20(28-22(24)27)12-17-14(2)25(19-11-7-5-9-16(17)19)13-15-8-4-6-10-18(15)23/h4-12H,3,13H2,1-2H3/b20-12-. The van der Waals surface area contributed by atoms with Gasteiger partial charge in [0.1, 0.15) is 0 Å². The highest BCUT2D eigenvalue weighted by Gasteiger charge is 2.34. The van der Waals surface area contributed by atoms with Crippen LogP contribution < -0.4 is 0 Å². The monoisotopic (exact) mass is 410 g/mol. The van der Waals surface area contributed by atoms with E-state index in [1.807, 2.05) is 55.5 Å². The minimum absolute atomic E-state index is 0.212. The van der Waals surface area contributed by atoms with E-state index < -0.39 is 0 Å². The summed E-state index contributed by atoms with van der Waals surface area (Å²) in [6.45, 7) is 4.86. The Morgan fingerprint density at radius 2 is 1.79 bits per heavy atom. The largest absolute Gasteiger partial charge is 0.340 e. The molecule has 0 saturated carbocycles. The summed E-state index contributed by atoms with van der Waals surface area (Å²) in [5, 5.41) is 1.57. The lowest BCUT2D eigenvalue weighted by Gasteiger charge is -2.10. The van der Waals surface area contributed by atoms with E-state index in [2.05, 4.69) is 10.6 Å². The van der Waals surface area contributed by atoms with E-state index in [9.17, 15) is 9.59 Å². The molecule has 0 aliphatic carbocycles. The van der Waals surface area contributed by atoms with Crippen LogP contribution in [0.25, 0.3) is 17.0 Å². The van der Waals surface area contributed by atoms with Crippen LogP contribution in [0.5, 0.6) is 0 Å². The van der Waals surface area contributed by atoms with E-state index in [0.29, 0.717) is 18.0 Å². The molecule has 0 unspecified atom stereocenters. The summed E-state index contributed by atoms with van der Waals surface area (Å²) in [6.07, 6.45) is 1.85. The smallest absolute Gasteiger partial charge is 0.293 e. The number of nitrogens with zero attached hydrogens (tertiary/aromatic N) is 2. The Morgan fingerprint density at radius 1 is 1.07 bits per heavy atom. The molecule has 4 nitrogen and oxygen atoms in total. The van der Waals surface area contributed by atoms with Gasteiger partial charge in [-0.2, -0.15) is 0 Å². The van der Waals surface area contributed by atoms with Crippen molar-refractivity contribution in [2.24, 2.45) is 0 Å². The number of rotatable bonds is 4. The summed E-state index contributed by atoms with van der Waals surface area (Å²) in [5.74, 6) is -0.222. The van der Waals surface area contributed by atoms with Gasteiger partial charge in [0.2, 0.25) is 0 Å². The first-order chi connectivity index (χ1) is 13.5. The molecule has 1 fully saturated rings. The number of carbonyl (C=O) groups excluding carboxylic acids is 2. The zero-order valence-electron chi connectivity index (χ0n) is 15.6. The van der Waals surface area contributed by atoms with Gasteiger partial charge in [0, 0.05) is 40.3 Å². The Hall–Kier alpha value is -2.50. The lowest BCUT2D eigenvalue weighted by Crippen LogP contribution is -2.27. The van der Waals surface area contributed by atoms with Crippen LogP contribution in [0.4, 0.5) is 4.79 Å². The van der Waals surface area contributed by atoms with E-state index in [1.165, 1.54) is 4.90 Å². The molecule has 2 amide bonds. The second kappa shape index (κ2) is 7.49. The average Bonchev–Trinajstić information content (AvgIpc) is 3.11. The van der Waals surface area contributed by atoms with Gasteiger partial charge in [0.05, 0.1) is 4.91 Å². The van der Waals surface area contributed by atoms with Crippen LogP contribution in [0.2, 0.25) is 5.02 Å². The number of aromatic nitrogens is 1. The second-order valence-electron chi connectivity index (χ2n) is 6.62. The van der Waals surface area contributed by atoms with Crippen molar-refractivity contribution in [3.05, 3.63) is 75.3 Å². The van der Waals surface area contributed by atoms with Gasteiger partial charge in [-0.1, -0.05) is 48.0 Å². The molecule has 1 aliphatic rings. The number of likely N-dealkylation sites (N-methyl/N-ethyl adjacent to an activating group) is 1. The van der Waals surface area contributed by atoms with Crippen molar-refractivity contribution in [2.45, 2.75) is 20.4 Å². The molecule has 0 atom stereocenters. The number of carbonyl (C=O) groups is 2. The summed E-state index contributed by atoms with van der Waals surface area (Å²) in [6, 6.07) is 15.9. The summed E-state index contributed by atoms with van der Waals surface area (Å²) in [5.41, 5.74) is 4.10. The number of imide groups is 1. The van der Waals surface area contributed by atoms with Gasteiger partial charge in [-0.25, -0.2) is 0 Å². The van der Waals surface area contributed by atoms with Gasteiger partial charge >= 0.3 is 0 Å². The Bertz CT molecular complexity index is 1130. The highest BCUT2D eigenvalue weighted by molar-refractivity contribution is 8.18. The molecule has 0 spiro atoms. The van der Waals surface area contributed by atoms with Gasteiger partial charge in [-0.05, 0) is 49.4 Å². The molecule has 0 N–H and O–H groups in total. The first-order valence-electron chi connectivity index (χ1n) is 9.08.